The Kier molecular flexibility index (Phi) is 8.86. The highest BCUT2D eigenvalue weighted by molar-refractivity contribution is 6.00. The molecule has 0 radical (unpaired) electrons. The fourth-order valence-corrected chi connectivity index (χ4v) is 5.96. The van der Waals surface area contributed by atoms with Gasteiger partial charge in [-0.25, -0.2) is 24.7 Å². The first kappa shape index (κ1) is 31.1. The second kappa shape index (κ2) is 13.7. The van der Waals surface area contributed by atoms with Crippen LogP contribution in [0, 0.1) is 0 Å². The van der Waals surface area contributed by atoms with Gasteiger partial charge in [-0.15, -0.1) is 0 Å². The van der Waals surface area contributed by atoms with Gasteiger partial charge in [-0.05, 0) is 75.1 Å². The van der Waals surface area contributed by atoms with Crippen molar-refractivity contribution in [1.82, 2.24) is 34.7 Å². The van der Waals surface area contributed by atoms with Crippen LogP contribution in [0.4, 0.5) is 22.0 Å². The van der Waals surface area contributed by atoms with Crippen LogP contribution in [-0.4, -0.2) is 106 Å². The van der Waals surface area contributed by atoms with E-state index in [0.29, 0.717) is 66.1 Å². The van der Waals surface area contributed by atoms with Crippen molar-refractivity contribution in [1.29, 1.82) is 0 Å². The van der Waals surface area contributed by atoms with Gasteiger partial charge >= 0.3 is 6.03 Å². The molecule has 13 heteroatoms. The van der Waals surface area contributed by atoms with E-state index in [9.17, 15) is 9.59 Å². The summed E-state index contributed by atoms with van der Waals surface area (Å²) in [6.07, 6.45) is 7.74. The minimum Gasteiger partial charge on any atom is -0.378 e. The van der Waals surface area contributed by atoms with Gasteiger partial charge in [-0.1, -0.05) is 0 Å². The number of nitrogens with one attached hydrogen (secondary N) is 2. The third-order valence-corrected chi connectivity index (χ3v) is 8.69. The topological polar surface area (TPSA) is 142 Å². The van der Waals surface area contributed by atoms with Gasteiger partial charge in [0, 0.05) is 84.4 Å². The van der Waals surface area contributed by atoms with Crippen molar-refractivity contribution in [3.05, 3.63) is 85.1 Å². The van der Waals surface area contributed by atoms with Gasteiger partial charge in [0.15, 0.2) is 11.6 Å². The summed E-state index contributed by atoms with van der Waals surface area (Å²) < 4.78 is 5.58. The maximum atomic E-state index is 12.9. The zero-order valence-corrected chi connectivity index (χ0v) is 26.8. The molecule has 7 rings (SSSR count). The molecule has 0 aliphatic carbocycles. The highest BCUT2D eigenvalue weighted by Crippen LogP contribution is 2.30. The molecule has 2 saturated heterocycles. The molecule has 2 fully saturated rings. The lowest BCUT2D eigenvalue weighted by molar-refractivity contribution is 0.0783. The number of nitrogens with zero attached hydrogens (tertiary/aromatic N) is 8. The van der Waals surface area contributed by atoms with Crippen molar-refractivity contribution >= 4 is 40.2 Å². The number of hydrogen-bond acceptors (Lipinski definition) is 10. The van der Waals surface area contributed by atoms with Crippen molar-refractivity contribution in [3.63, 3.8) is 0 Å². The number of carbonyl (C=O) groups excluding carboxylic acids is 2. The third kappa shape index (κ3) is 6.77. The summed E-state index contributed by atoms with van der Waals surface area (Å²) in [5.41, 5.74) is 5.71. The van der Waals surface area contributed by atoms with E-state index in [4.69, 9.17) is 19.7 Å². The number of amides is 3. The number of benzene rings is 2. The second-order valence-corrected chi connectivity index (χ2v) is 12.1. The van der Waals surface area contributed by atoms with Gasteiger partial charge in [0.2, 0.25) is 0 Å². The molecule has 0 bridgehead atoms. The molecule has 0 saturated carbocycles. The molecule has 5 heterocycles. The zero-order valence-electron chi connectivity index (χ0n) is 26.8. The number of anilines is 3. The zero-order chi connectivity index (χ0) is 33.0. The van der Waals surface area contributed by atoms with Gasteiger partial charge in [0.05, 0.1) is 18.7 Å². The van der Waals surface area contributed by atoms with Crippen molar-refractivity contribution in [2.24, 2.45) is 0 Å². The number of likely N-dealkylation sites (N-methyl/N-ethyl adjacent to an activating group) is 1. The summed E-state index contributed by atoms with van der Waals surface area (Å²) in [7, 11) is 4.08. The molecule has 0 spiro atoms. The van der Waals surface area contributed by atoms with Crippen LogP contribution in [0.15, 0.2) is 79.5 Å². The second-order valence-electron chi connectivity index (χ2n) is 12.1. The molecular formula is C35H36N10O3. The quantitative estimate of drug-likeness (QED) is 0.262. The average Bonchev–Trinajstić information content (AvgIpc) is 3.63. The molecule has 13 nitrogen and oxygen atoms in total. The summed E-state index contributed by atoms with van der Waals surface area (Å²) in [5, 5.41) is 5.71. The molecule has 2 aliphatic heterocycles. The Morgan fingerprint density at radius 3 is 2.19 bits per heavy atom. The molecule has 244 valence electrons. The SMILES string of the molecule is CN(C)C1CCN(C(=O)c2ccc(NC(=O)Nc3ccc(-c4nc(N5CCOCC5)c5ncc(-c6cncnc6)cc5n4)cc3)cc2)C1. The highest BCUT2D eigenvalue weighted by atomic mass is 16.5. The molecular weight excluding hydrogens is 608 g/mol. The van der Waals surface area contributed by atoms with E-state index in [-0.39, 0.29) is 5.91 Å². The Morgan fingerprint density at radius 2 is 1.52 bits per heavy atom. The molecule has 1 unspecified atom stereocenters. The standard InChI is InChI=1S/C35H36N10O3/c1-43(2)29-11-12-45(21-29)34(46)24-5-9-28(10-6-24)40-35(47)39-27-7-3-23(4-8-27)32-41-30-17-25(26-18-36-22-37-19-26)20-38-31(30)33(42-32)44-13-15-48-16-14-44/h3-10,17-20,22,29H,11-16,21H2,1-2H3,(H2,39,40,47). The molecule has 1 atom stereocenters. The minimum atomic E-state index is -0.393. The summed E-state index contributed by atoms with van der Waals surface area (Å²) in [4.78, 5) is 54.8. The molecule has 5 aromatic rings. The Balaban J connectivity index is 1.05. The number of carbonyl (C=O) groups is 2. The van der Waals surface area contributed by atoms with Crippen LogP contribution in [-0.2, 0) is 4.74 Å². The lowest BCUT2D eigenvalue weighted by Crippen LogP contribution is -2.37. The molecule has 2 aromatic carbocycles. The van der Waals surface area contributed by atoms with Gasteiger partial charge in [-0.3, -0.25) is 9.78 Å². The lowest BCUT2D eigenvalue weighted by Gasteiger charge is -2.28. The molecule has 3 amide bonds. The van der Waals surface area contributed by atoms with Crippen LogP contribution in [0.2, 0.25) is 0 Å². The lowest BCUT2D eigenvalue weighted by atomic mass is 10.1. The summed E-state index contributed by atoms with van der Waals surface area (Å²) in [6, 6.07) is 16.3. The molecule has 3 aromatic heterocycles. The van der Waals surface area contributed by atoms with Gasteiger partial charge in [0.1, 0.15) is 11.8 Å². The van der Waals surface area contributed by atoms with Gasteiger partial charge in [-0.2, -0.15) is 0 Å². The van der Waals surface area contributed by atoms with E-state index in [2.05, 4.69) is 30.4 Å². The number of morpholine rings is 1. The third-order valence-electron chi connectivity index (χ3n) is 8.69. The first-order valence-electron chi connectivity index (χ1n) is 15.9. The number of rotatable bonds is 7. The average molecular weight is 645 g/mol. The van der Waals surface area contributed by atoms with Crippen LogP contribution in [0.25, 0.3) is 33.5 Å². The van der Waals surface area contributed by atoms with E-state index < -0.39 is 6.03 Å². The van der Waals surface area contributed by atoms with Crippen LogP contribution < -0.4 is 15.5 Å². The van der Waals surface area contributed by atoms with Crippen molar-refractivity contribution in [2.45, 2.75) is 12.5 Å². The van der Waals surface area contributed by atoms with Crippen LogP contribution in [0.3, 0.4) is 0 Å². The predicted molar refractivity (Wildman–Crippen MR) is 184 cm³/mol. The fourth-order valence-electron chi connectivity index (χ4n) is 5.96. The van der Waals surface area contributed by atoms with Crippen molar-refractivity contribution < 1.29 is 14.3 Å². The number of pyridine rings is 1. The van der Waals surface area contributed by atoms with Gasteiger partial charge in [0.25, 0.3) is 5.91 Å². The maximum Gasteiger partial charge on any atom is 0.323 e. The first-order valence-corrected chi connectivity index (χ1v) is 15.9. The van der Waals surface area contributed by atoms with E-state index in [0.717, 1.165) is 42.0 Å². The van der Waals surface area contributed by atoms with Gasteiger partial charge < -0.3 is 30.1 Å². The van der Waals surface area contributed by atoms with Crippen LogP contribution in [0.1, 0.15) is 16.8 Å². The molecule has 2 N–H and O–H groups in total. The number of likely N-dealkylation sites (tertiary alicyclic amines) is 1. The summed E-state index contributed by atoms with van der Waals surface area (Å²) in [5.74, 6) is 1.30. The first-order chi connectivity index (χ1) is 23.4. The van der Waals surface area contributed by atoms with E-state index in [1.165, 1.54) is 6.33 Å². The Morgan fingerprint density at radius 1 is 0.833 bits per heavy atom. The summed E-state index contributed by atoms with van der Waals surface area (Å²) in [6.45, 7) is 4.09. The van der Waals surface area contributed by atoms with Crippen molar-refractivity contribution in [2.75, 3.05) is 69.0 Å². The normalized spacial score (nSPS) is 16.4. The number of fused-ring (bicyclic) bond motifs is 1. The fraction of sp³-hybridized carbons (Fsp3) is 0.286. The smallest absolute Gasteiger partial charge is 0.323 e. The van der Waals surface area contributed by atoms with Crippen LogP contribution >= 0.6 is 0 Å². The van der Waals surface area contributed by atoms with E-state index >= 15 is 0 Å². The van der Waals surface area contributed by atoms with Crippen LogP contribution in [0.5, 0.6) is 0 Å². The minimum absolute atomic E-state index is 0.00500. The largest absolute Gasteiger partial charge is 0.378 e. The Hall–Kier alpha value is -5.53. The Labute approximate surface area is 278 Å². The Bertz CT molecular complexity index is 1910. The number of ether oxygens (including phenoxy) is 1. The van der Waals surface area contributed by atoms with E-state index in [1.807, 2.05) is 49.3 Å². The van der Waals surface area contributed by atoms with Crippen molar-refractivity contribution in [3.8, 4) is 22.5 Å². The van der Waals surface area contributed by atoms with E-state index in [1.54, 1.807) is 42.9 Å². The molecule has 2 aliphatic rings. The highest BCUT2D eigenvalue weighted by Gasteiger charge is 2.28. The number of urea groups is 1. The maximum absolute atomic E-state index is 12.9. The summed E-state index contributed by atoms with van der Waals surface area (Å²) >= 11 is 0. The monoisotopic (exact) mass is 644 g/mol. The predicted octanol–water partition coefficient (Wildman–Crippen LogP) is 4.41. The number of aromatic nitrogens is 5. The number of hydrogen-bond donors (Lipinski definition) is 2. The molecule has 48 heavy (non-hydrogen) atoms.